The lowest BCUT2D eigenvalue weighted by molar-refractivity contribution is -0.137. The van der Waals surface area contributed by atoms with Gasteiger partial charge in [-0.15, -0.1) is 0 Å². The number of rotatable bonds is 7. The molecule has 9 heteroatoms. The maximum atomic E-state index is 13.2. The molecule has 1 fully saturated rings. The summed E-state index contributed by atoms with van der Waals surface area (Å²) in [6.45, 7) is 3.10. The normalized spacial score (nSPS) is 16.0. The molecule has 1 saturated heterocycles. The molecule has 166 valence electrons. The van der Waals surface area contributed by atoms with Crippen molar-refractivity contribution in [2.24, 2.45) is 0 Å². The van der Waals surface area contributed by atoms with Crippen LogP contribution in [0.4, 0.5) is 20.6 Å². The smallest absolute Gasteiger partial charge is 0.332 e. The monoisotopic (exact) mass is 439 g/mol. The molecule has 0 aromatic heterocycles. The molecule has 1 N–H and O–H groups in total. The molecule has 4 amide bonds. The topological polar surface area (TPSA) is 96.0 Å². The summed E-state index contributed by atoms with van der Waals surface area (Å²) >= 11 is 0. The summed E-state index contributed by atoms with van der Waals surface area (Å²) in [5, 5.41) is 2.63. The number of urea groups is 1. The van der Waals surface area contributed by atoms with Crippen molar-refractivity contribution in [3.05, 3.63) is 66.0 Å². The lowest BCUT2D eigenvalue weighted by Gasteiger charge is -2.19. The molecule has 2 aromatic rings. The number of hydrogen-bond acceptors (Lipinski definition) is 5. The van der Waals surface area contributed by atoms with Crippen LogP contribution in [0.25, 0.3) is 6.08 Å². The highest BCUT2D eigenvalue weighted by atomic mass is 19.1. The molecule has 1 unspecified atom stereocenters. The zero-order valence-corrected chi connectivity index (χ0v) is 17.6. The first kappa shape index (κ1) is 22.7. The number of ether oxygens (including phenoxy) is 1. The van der Waals surface area contributed by atoms with Crippen LogP contribution in [0.1, 0.15) is 19.4 Å². The number of nitrogens with one attached hydrogen (secondary N) is 1. The van der Waals surface area contributed by atoms with Crippen molar-refractivity contribution in [2.45, 2.75) is 19.9 Å². The maximum absolute atomic E-state index is 13.2. The Kier molecular flexibility index (Phi) is 6.99. The highest BCUT2D eigenvalue weighted by molar-refractivity contribution is 6.16. The van der Waals surface area contributed by atoms with E-state index >= 15 is 0 Å². The molecule has 1 aliphatic heterocycles. The van der Waals surface area contributed by atoms with Gasteiger partial charge in [0, 0.05) is 17.5 Å². The third-order valence-corrected chi connectivity index (χ3v) is 4.75. The van der Waals surface area contributed by atoms with Crippen LogP contribution in [0.2, 0.25) is 0 Å². The van der Waals surface area contributed by atoms with Crippen LogP contribution < -0.4 is 10.2 Å². The predicted octanol–water partition coefficient (Wildman–Crippen LogP) is 3.20. The van der Waals surface area contributed by atoms with Gasteiger partial charge in [0.05, 0.1) is 6.61 Å². The molecule has 1 aliphatic rings. The molecular formula is C23H22FN3O5. The van der Waals surface area contributed by atoms with E-state index in [0.717, 1.165) is 10.5 Å². The number of carbonyl (C=O) groups is 4. The molecule has 1 atom stereocenters. The minimum atomic E-state index is -0.814. The van der Waals surface area contributed by atoms with Crippen LogP contribution in [0.15, 0.2) is 54.6 Å². The second-order valence-corrected chi connectivity index (χ2v) is 6.98. The van der Waals surface area contributed by atoms with E-state index in [1.54, 1.807) is 44.2 Å². The molecule has 0 bridgehead atoms. The molecule has 8 nitrogen and oxygen atoms in total. The minimum absolute atomic E-state index is 0.288. The van der Waals surface area contributed by atoms with Crippen molar-refractivity contribution in [1.82, 2.24) is 4.90 Å². The highest BCUT2D eigenvalue weighted by Gasteiger charge is 2.44. The molecule has 32 heavy (non-hydrogen) atoms. The first-order valence-electron chi connectivity index (χ1n) is 9.95. The van der Waals surface area contributed by atoms with Gasteiger partial charge >= 0.3 is 12.0 Å². The van der Waals surface area contributed by atoms with Gasteiger partial charge in [0.15, 0.2) is 0 Å². The van der Waals surface area contributed by atoms with Crippen LogP contribution in [0, 0.1) is 5.82 Å². The fourth-order valence-electron chi connectivity index (χ4n) is 3.18. The van der Waals surface area contributed by atoms with E-state index in [-0.39, 0.29) is 6.61 Å². The predicted molar refractivity (Wildman–Crippen MR) is 116 cm³/mol. The van der Waals surface area contributed by atoms with Crippen molar-refractivity contribution >= 4 is 41.3 Å². The van der Waals surface area contributed by atoms with E-state index in [2.05, 4.69) is 5.32 Å². The SMILES string of the molecule is CCOC(=O)/C=C/c1ccc(NC(=O)CN2C(=O)C(C)N(c3ccc(F)cc3)C2=O)cc1. The van der Waals surface area contributed by atoms with Crippen molar-refractivity contribution in [3.8, 4) is 0 Å². The Morgan fingerprint density at radius 1 is 1.09 bits per heavy atom. The summed E-state index contributed by atoms with van der Waals surface area (Å²) in [7, 11) is 0. The van der Waals surface area contributed by atoms with E-state index in [4.69, 9.17) is 4.74 Å². The van der Waals surface area contributed by atoms with E-state index < -0.39 is 42.2 Å². The summed E-state index contributed by atoms with van der Waals surface area (Å²) < 4.78 is 18.0. The van der Waals surface area contributed by atoms with Crippen molar-refractivity contribution in [2.75, 3.05) is 23.4 Å². The zero-order valence-electron chi connectivity index (χ0n) is 17.6. The van der Waals surface area contributed by atoms with E-state index in [9.17, 15) is 23.6 Å². The van der Waals surface area contributed by atoms with Crippen LogP contribution in [-0.4, -0.2) is 47.9 Å². The van der Waals surface area contributed by atoms with Crippen molar-refractivity contribution in [3.63, 3.8) is 0 Å². The standard InChI is InChI=1S/C23H22FN3O5/c1-3-32-21(29)13-6-16-4-9-18(10-5-16)25-20(28)14-26-22(30)15(2)27(23(26)31)19-11-7-17(24)8-12-19/h4-13,15H,3,14H2,1-2H3,(H,25,28)/b13-6+. The Labute approximate surface area is 184 Å². The van der Waals surface area contributed by atoms with Gasteiger partial charge in [0.2, 0.25) is 5.91 Å². The summed E-state index contributed by atoms with van der Waals surface area (Å²) in [5.74, 6) is -1.98. The third-order valence-electron chi connectivity index (χ3n) is 4.75. The van der Waals surface area contributed by atoms with E-state index in [1.165, 1.54) is 35.2 Å². The molecule has 2 aromatic carbocycles. The first-order valence-corrected chi connectivity index (χ1v) is 9.95. The molecule has 0 aliphatic carbocycles. The summed E-state index contributed by atoms with van der Waals surface area (Å²) in [4.78, 5) is 51.1. The number of hydrogen-bond donors (Lipinski definition) is 1. The van der Waals surface area contributed by atoms with Crippen LogP contribution in [0.5, 0.6) is 0 Å². The van der Waals surface area contributed by atoms with Gasteiger partial charge in [-0.1, -0.05) is 12.1 Å². The average molecular weight is 439 g/mol. The maximum Gasteiger partial charge on any atom is 0.332 e. The largest absolute Gasteiger partial charge is 0.463 e. The minimum Gasteiger partial charge on any atom is -0.463 e. The Morgan fingerprint density at radius 2 is 1.75 bits per heavy atom. The van der Waals surface area contributed by atoms with Gasteiger partial charge in [0.25, 0.3) is 5.91 Å². The number of anilines is 2. The number of imide groups is 1. The quantitative estimate of drug-likeness (QED) is 0.406. The first-order chi connectivity index (χ1) is 15.3. The fourth-order valence-corrected chi connectivity index (χ4v) is 3.18. The average Bonchev–Trinajstić information content (AvgIpc) is 2.97. The second-order valence-electron chi connectivity index (χ2n) is 6.98. The molecule has 1 heterocycles. The van der Waals surface area contributed by atoms with Crippen molar-refractivity contribution in [1.29, 1.82) is 0 Å². The van der Waals surface area contributed by atoms with Gasteiger partial charge < -0.3 is 10.1 Å². The Bertz CT molecular complexity index is 1050. The molecule has 0 saturated carbocycles. The zero-order chi connectivity index (χ0) is 23.3. The van der Waals surface area contributed by atoms with Gasteiger partial charge in [-0.2, -0.15) is 0 Å². The summed E-state index contributed by atoms with van der Waals surface area (Å²) in [6.07, 6.45) is 2.88. The van der Waals surface area contributed by atoms with Gasteiger partial charge in [-0.25, -0.2) is 14.0 Å². The summed E-state index contributed by atoms with van der Waals surface area (Å²) in [6, 6.07) is 10.4. The van der Waals surface area contributed by atoms with E-state index in [1.807, 2.05) is 0 Å². The number of nitrogens with zero attached hydrogens (tertiary/aromatic N) is 2. The number of benzene rings is 2. The Balaban J connectivity index is 1.62. The summed E-state index contributed by atoms with van der Waals surface area (Å²) in [5.41, 5.74) is 1.56. The highest BCUT2D eigenvalue weighted by Crippen LogP contribution is 2.26. The van der Waals surface area contributed by atoms with Crippen molar-refractivity contribution < 1.29 is 28.3 Å². The van der Waals surface area contributed by atoms with Gasteiger partial charge in [-0.3, -0.25) is 19.4 Å². The van der Waals surface area contributed by atoms with Gasteiger partial charge in [-0.05, 0) is 61.9 Å². The van der Waals surface area contributed by atoms with Crippen LogP contribution >= 0.6 is 0 Å². The van der Waals surface area contributed by atoms with Crippen LogP contribution in [0.3, 0.4) is 0 Å². The Hall–Kier alpha value is -4.01. The lowest BCUT2D eigenvalue weighted by atomic mass is 10.2. The third kappa shape index (κ3) is 5.18. The number of esters is 1. The second kappa shape index (κ2) is 9.86. The molecule has 3 rings (SSSR count). The Morgan fingerprint density at radius 3 is 2.38 bits per heavy atom. The molecule has 0 radical (unpaired) electrons. The molecular weight excluding hydrogens is 417 g/mol. The number of halogens is 1. The fraction of sp³-hybridized carbons (Fsp3) is 0.217. The molecule has 0 spiro atoms. The van der Waals surface area contributed by atoms with E-state index in [0.29, 0.717) is 11.4 Å². The van der Waals surface area contributed by atoms with Gasteiger partial charge in [0.1, 0.15) is 18.4 Å². The lowest BCUT2D eigenvalue weighted by Crippen LogP contribution is -2.39. The number of amides is 4. The number of carbonyl (C=O) groups excluding carboxylic acids is 4. The van der Waals surface area contributed by atoms with Crippen LogP contribution in [-0.2, 0) is 19.1 Å².